The third kappa shape index (κ3) is 4.33. The van der Waals surface area contributed by atoms with Gasteiger partial charge in [-0.15, -0.1) is 0 Å². The molecular weight excluding hydrogens is 230 g/mol. The fraction of sp³-hybridized carbons (Fsp3) is 0.538. The van der Waals surface area contributed by atoms with Crippen molar-refractivity contribution in [1.29, 1.82) is 0 Å². The summed E-state index contributed by atoms with van der Waals surface area (Å²) >= 11 is 0. The van der Waals surface area contributed by atoms with Gasteiger partial charge in [0.2, 0.25) is 0 Å². The highest BCUT2D eigenvalue weighted by Gasteiger charge is 2.07. The van der Waals surface area contributed by atoms with Crippen molar-refractivity contribution in [2.45, 2.75) is 26.3 Å². The van der Waals surface area contributed by atoms with Gasteiger partial charge in [-0.2, -0.15) is 0 Å². The molecule has 1 rings (SSSR count). The summed E-state index contributed by atoms with van der Waals surface area (Å²) in [5, 5.41) is 12.0. The lowest BCUT2D eigenvalue weighted by molar-refractivity contribution is 0.0697. The average Bonchev–Trinajstić information content (AvgIpc) is 2.38. The summed E-state index contributed by atoms with van der Waals surface area (Å²) in [5.41, 5.74) is 0.253. The van der Waals surface area contributed by atoms with E-state index in [-0.39, 0.29) is 5.56 Å². The summed E-state index contributed by atoms with van der Waals surface area (Å²) in [5.74, 6) is -0.329. The standard InChI is InChI=1S/C13H21N3O2/c1-4-10(2)16(3)8-7-15-12-9-11(13(17)18)5-6-14-12/h5-6,9-10H,4,7-8H2,1-3H3,(H,14,15)(H,17,18). The summed E-state index contributed by atoms with van der Waals surface area (Å²) in [4.78, 5) is 17.1. The van der Waals surface area contributed by atoms with E-state index >= 15 is 0 Å². The summed E-state index contributed by atoms with van der Waals surface area (Å²) in [7, 11) is 2.08. The molecule has 0 bridgehead atoms. The van der Waals surface area contributed by atoms with Crippen LogP contribution in [0.2, 0.25) is 0 Å². The van der Waals surface area contributed by atoms with Crippen LogP contribution in [0.5, 0.6) is 0 Å². The highest BCUT2D eigenvalue weighted by molar-refractivity contribution is 5.88. The number of carboxylic acids is 1. The van der Waals surface area contributed by atoms with Gasteiger partial charge >= 0.3 is 5.97 Å². The number of pyridine rings is 1. The van der Waals surface area contributed by atoms with E-state index in [1.54, 1.807) is 6.07 Å². The first-order valence-electron chi connectivity index (χ1n) is 6.18. The second kappa shape index (κ2) is 6.96. The van der Waals surface area contributed by atoms with Crippen LogP contribution in [0.3, 0.4) is 0 Å². The number of aromatic carboxylic acids is 1. The molecule has 0 spiro atoms. The van der Waals surface area contributed by atoms with Gasteiger partial charge in [-0.25, -0.2) is 9.78 Å². The lowest BCUT2D eigenvalue weighted by Gasteiger charge is -2.23. The number of carboxylic acid groups (broad SMARTS) is 1. The van der Waals surface area contributed by atoms with Crippen LogP contribution in [-0.4, -0.2) is 47.1 Å². The third-order valence-corrected chi connectivity index (χ3v) is 3.12. The first kappa shape index (κ1) is 14.4. The molecular formula is C13H21N3O2. The molecule has 1 unspecified atom stereocenters. The van der Waals surface area contributed by atoms with Crippen molar-refractivity contribution in [1.82, 2.24) is 9.88 Å². The number of nitrogens with zero attached hydrogens (tertiary/aromatic N) is 2. The Morgan fingerprint density at radius 2 is 2.33 bits per heavy atom. The van der Waals surface area contributed by atoms with Gasteiger partial charge in [-0.1, -0.05) is 6.92 Å². The molecule has 0 aromatic carbocycles. The monoisotopic (exact) mass is 251 g/mol. The number of anilines is 1. The van der Waals surface area contributed by atoms with Crippen molar-refractivity contribution in [2.75, 3.05) is 25.5 Å². The van der Waals surface area contributed by atoms with Gasteiger partial charge in [-0.3, -0.25) is 0 Å². The molecule has 5 heteroatoms. The van der Waals surface area contributed by atoms with Gasteiger partial charge in [0.25, 0.3) is 0 Å². The lowest BCUT2D eigenvalue weighted by Crippen LogP contribution is -2.32. The molecule has 0 fully saturated rings. The van der Waals surface area contributed by atoms with Crippen LogP contribution in [0.1, 0.15) is 30.6 Å². The lowest BCUT2D eigenvalue weighted by atomic mass is 10.2. The number of carbonyl (C=O) groups is 1. The zero-order chi connectivity index (χ0) is 13.5. The molecule has 5 nitrogen and oxygen atoms in total. The van der Waals surface area contributed by atoms with Crippen molar-refractivity contribution in [3.05, 3.63) is 23.9 Å². The summed E-state index contributed by atoms with van der Waals surface area (Å²) in [6.07, 6.45) is 2.62. The molecule has 1 atom stereocenters. The minimum absolute atomic E-state index is 0.253. The van der Waals surface area contributed by atoms with Gasteiger partial charge in [-0.05, 0) is 32.5 Å². The molecule has 0 aliphatic carbocycles. The first-order valence-corrected chi connectivity index (χ1v) is 6.18. The zero-order valence-corrected chi connectivity index (χ0v) is 11.2. The summed E-state index contributed by atoms with van der Waals surface area (Å²) in [6, 6.07) is 3.58. The number of likely N-dealkylation sites (N-methyl/N-ethyl adjacent to an activating group) is 1. The maximum atomic E-state index is 10.8. The SMILES string of the molecule is CCC(C)N(C)CCNc1cc(C(=O)O)ccn1. The Kier molecular flexibility index (Phi) is 5.58. The number of hydrogen-bond acceptors (Lipinski definition) is 4. The van der Waals surface area contributed by atoms with Gasteiger partial charge in [0, 0.05) is 25.3 Å². The zero-order valence-electron chi connectivity index (χ0n) is 11.2. The molecule has 0 radical (unpaired) electrons. The second-order valence-electron chi connectivity index (χ2n) is 4.40. The Morgan fingerprint density at radius 3 is 2.94 bits per heavy atom. The van der Waals surface area contributed by atoms with Gasteiger partial charge in [0.05, 0.1) is 5.56 Å². The van der Waals surface area contributed by atoms with Gasteiger partial charge in [0.15, 0.2) is 0 Å². The first-order chi connectivity index (χ1) is 8.54. The Bertz CT molecular complexity index is 396. The highest BCUT2D eigenvalue weighted by Crippen LogP contribution is 2.06. The minimum Gasteiger partial charge on any atom is -0.478 e. The molecule has 1 heterocycles. The number of rotatable bonds is 7. The number of hydrogen-bond donors (Lipinski definition) is 2. The van der Waals surface area contributed by atoms with Crippen LogP contribution < -0.4 is 5.32 Å². The molecule has 1 aromatic heterocycles. The van der Waals surface area contributed by atoms with Gasteiger partial charge < -0.3 is 15.3 Å². The predicted octanol–water partition coefficient (Wildman–Crippen LogP) is 1.92. The Balaban J connectivity index is 2.44. The fourth-order valence-corrected chi connectivity index (χ4v) is 1.55. The summed E-state index contributed by atoms with van der Waals surface area (Å²) < 4.78 is 0. The molecule has 0 aliphatic rings. The van der Waals surface area contributed by atoms with Crippen molar-refractivity contribution >= 4 is 11.8 Å². The van der Waals surface area contributed by atoms with Crippen LogP contribution in [0.4, 0.5) is 5.82 Å². The quantitative estimate of drug-likeness (QED) is 0.775. The Hall–Kier alpha value is -1.62. The average molecular weight is 251 g/mol. The number of aromatic nitrogens is 1. The molecule has 0 saturated heterocycles. The predicted molar refractivity (Wildman–Crippen MR) is 72.1 cm³/mol. The molecule has 2 N–H and O–H groups in total. The van der Waals surface area contributed by atoms with E-state index in [4.69, 9.17) is 5.11 Å². The second-order valence-corrected chi connectivity index (χ2v) is 4.40. The topological polar surface area (TPSA) is 65.5 Å². The van der Waals surface area contributed by atoms with E-state index < -0.39 is 5.97 Å². The van der Waals surface area contributed by atoms with Crippen molar-refractivity contribution in [2.24, 2.45) is 0 Å². The Labute approximate surface area is 108 Å². The highest BCUT2D eigenvalue weighted by atomic mass is 16.4. The van der Waals surface area contributed by atoms with E-state index in [1.165, 1.54) is 12.3 Å². The largest absolute Gasteiger partial charge is 0.478 e. The molecule has 0 aliphatic heterocycles. The minimum atomic E-state index is -0.933. The third-order valence-electron chi connectivity index (χ3n) is 3.12. The molecule has 100 valence electrons. The Morgan fingerprint density at radius 1 is 1.61 bits per heavy atom. The van der Waals surface area contributed by atoms with Gasteiger partial charge in [0.1, 0.15) is 5.82 Å². The van der Waals surface area contributed by atoms with Crippen molar-refractivity contribution in [3.8, 4) is 0 Å². The number of nitrogens with one attached hydrogen (secondary N) is 1. The summed E-state index contributed by atoms with van der Waals surface area (Å²) in [6.45, 7) is 5.99. The van der Waals surface area contributed by atoms with Crippen LogP contribution in [0.25, 0.3) is 0 Å². The molecule has 1 aromatic rings. The normalized spacial score (nSPS) is 12.4. The molecule has 0 amide bonds. The van der Waals surface area contributed by atoms with Crippen LogP contribution in [0.15, 0.2) is 18.3 Å². The van der Waals surface area contributed by atoms with E-state index in [0.717, 1.165) is 19.5 Å². The van der Waals surface area contributed by atoms with E-state index in [0.29, 0.717) is 11.9 Å². The van der Waals surface area contributed by atoms with Crippen LogP contribution in [0, 0.1) is 0 Å². The maximum Gasteiger partial charge on any atom is 0.335 e. The fourth-order valence-electron chi connectivity index (χ4n) is 1.55. The van der Waals surface area contributed by atoms with Crippen LogP contribution >= 0.6 is 0 Å². The van der Waals surface area contributed by atoms with E-state index in [2.05, 4.69) is 36.1 Å². The van der Waals surface area contributed by atoms with E-state index in [1.807, 2.05) is 0 Å². The van der Waals surface area contributed by atoms with Crippen molar-refractivity contribution in [3.63, 3.8) is 0 Å². The van der Waals surface area contributed by atoms with Crippen LogP contribution in [-0.2, 0) is 0 Å². The smallest absolute Gasteiger partial charge is 0.335 e. The molecule has 0 saturated carbocycles. The van der Waals surface area contributed by atoms with Crippen molar-refractivity contribution < 1.29 is 9.90 Å². The molecule has 18 heavy (non-hydrogen) atoms. The maximum absolute atomic E-state index is 10.8. The van der Waals surface area contributed by atoms with E-state index in [9.17, 15) is 4.79 Å².